The summed E-state index contributed by atoms with van der Waals surface area (Å²) in [6.07, 6.45) is -0.524. The molecular weight excluding hydrogens is 368 g/mol. The van der Waals surface area contributed by atoms with E-state index in [1.54, 1.807) is 6.07 Å². The molecule has 7 heteroatoms. The Kier molecular flexibility index (Phi) is 6.66. The molecule has 2 aliphatic rings. The zero-order valence-electron chi connectivity index (χ0n) is 15.1. The summed E-state index contributed by atoms with van der Waals surface area (Å²) in [4.78, 5) is 4.67. The van der Waals surface area contributed by atoms with Crippen LogP contribution in [0.4, 0.5) is 5.69 Å². The third-order valence-corrected chi connectivity index (χ3v) is 4.75. The fourth-order valence-electron chi connectivity index (χ4n) is 3.34. The van der Waals surface area contributed by atoms with E-state index in [0.717, 1.165) is 31.9 Å². The molecule has 1 N–H and O–H groups in total. The lowest BCUT2D eigenvalue weighted by Gasteiger charge is -2.36. The first kappa shape index (κ1) is 19.6. The molecule has 0 amide bonds. The summed E-state index contributed by atoms with van der Waals surface area (Å²) >= 11 is 0. The van der Waals surface area contributed by atoms with Crippen LogP contribution in [0.25, 0.3) is 0 Å². The molecule has 0 bridgehead atoms. The van der Waals surface area contributed by atoms with Crippen molar-refractivity contribution in [1.29, 1.82) is 0 Å². The van der Waals surface area contributed by atoms with Crippen molar-refractivity contribution in [1.82, 2.24) is 4.90 Å². The maximum atomic E-state index is 10.3. The number of ether oxygens (including phenoxy) is 3. The molecule has 0 radical (unpaired) electrons. The van der Waals surface area contributed by atoms with E-state index in [1.165, 1.54) is 5.69 Å². The fraction of sp³-hybridized carbons (Fsp3) is 0.400. The highest BCUT2D eigenvalue weighted by Crippen LogP contribution is 2.35. The Hall–Kier alpha value is -2.15. The minimum Gasteiger partial charge on any atom is -1.00 e. The van der Waals surface area contributed by atoms with Gasteiger partial charge in [-0.1, -0.05) is 18.2 Å². The number of fused-ring (bicyclic) bond motifs is 1. The van der Waals surface area contributed by atoms with E-state index in [1.807, 2.05) is 18.2 Å². The van der Waals surface area contributed by atoms with Crippen LogP contribution < -0.4 is 31.5 Å². The molecule has 2 aromatic rings. The molecule has 2 heterocycles. The lowest BCUT2D eigenvalue weighted by atomic mass is 10.2. The second-order valence-electron chi connectivity index (χ2n) is 6.60. The van der Waals surface area contributed by atoms with Gasteiger partial charge in [-0.15, -0.1) is 0 Å². The summed E-state index contributed by atoms with van der Waals surface area (Å²) < 4.78 is 16.3. The number of benzene rings is 2. The van der Waals surface area contributed by atoms with Gasteiger partial charge in [0.15, 0.2) is 11.5 Å². The number of nitrogens with zero attached hydrogens (tertiary/aromatic N) is 2. The topological polar surface area (TPSA) is 54.4 Å². The Labute approximate surface area is 165 Å². The molecule has 2 aromatic carbocycles. The molecule has 0 aliphatic carbocycles. The largest absolute Gasteiger partial charge is 1.00 e. The van der Waals surface area contributed by atoms with Gasteiger partial charge in [-0.3, -0.25) is 4.90 Å². The van der Waals surface area contributed by atoms with Gasteiger partial charge in [0.25, 0.3) is 0 Å². The van der Waals surface area contributed by atoms with Gasteiger partial charge in [0, 0.05) is 44.5 Å². The van der Waals surface area contributed by atoms with Crippen molar-refractivity contribution in [3.8, 4) is 17.2 Å². The van der Waals surface area contributed by atoms with E-state index in [2.05, 4.69) is 34.1 Å². The number of rotatable bonds is 6. The van der Waals surface area contributed by atoms with Crippen molar-refractivity contribution in [2.45, 2.75) is 6.10 Å². The minimum absolute atomic E-state index is 0. The lowest BCUT2D eigenvalue weighted by molar-refractivity contribution is -0.00000899. The third-order valence-electron chi connectivity index (χ3n) is 4.75. The van der Waals surface area contributed by atoms with Crippen LogP contribution in [0.2, 0.25) is 0 Å². The molecule has 0 aromatic heterocycles. The van der Waals surface area contributed by atoms with Crippen molar-refractivity contribution >= 4 is 5.69 Å². The molecule has 0 spiro atoms. The number of piperazine rings is 1. The van der Waals surface area contributed by atoms with E-state index in [4.69, 9.17) is 14.2 Å². The quantitative estimate of drug-likeness (QED) is 0.680. The Morgan fingerprint density at radius 3 is 2.48 bits per heavy atom. The van der Waals surface area contributed by atoms with Crippen molar-refractivity contribution in [3.63, 3.8) is 0 Å². The summed E-state index contributed by atoms with van der Waals surface area (Å²) in [5, 5.41) is 10.3. The smallest absolute Gasteiger partial charge is 0.231 e. The highest BCUT2D eigenvalue weighted by atomic mass is 35.5. The van der Waals surface area contributed by atoms with Crippen molar-refractivity contribution in [3.05, 3.63) is 48.5 Å². The Morgan fingerprint density at radius 2 is 1.70 bits per heavy atom. The molecule has 1 unspecified atom stereocenters. The summed E-state index contributed by atoms with van der Waals surface area (Å²) in [5.74, 6) is 2.10. The molecule has 1 fully saturated rings. The van der Waals surface area contributed by atoms with Crippen molar-refractivity contribution < 1.29 is 31.7 Å². The Balaban J connectivity index is 0.00000210. The molecule has 1 atom stereocenters. The highest BCUT2D eigenvalue weighted by Gasteiger charge is 2.20. The van der Waals surface area contributed by atoms with Crippen LogP contribution in [0, 0.1) is 0 Å². The summed E-state index contributed by atoms with van der Waals surface area (Å²) in [5.41, 5.74) is 1.26. The lowest BCUT2D eigenvalue weighted by Crippen LogP contribution is -3.00. The van der Waals surface area contributed by atoms with Gasteiger partial charge in [-0.2, -0.15) is 0 Å². The van der Waals surface area contributed by atoms with E-state index in [9.17, 15) is 5.11 Å². The van der Waals surface area contributed by atoms with Crippen LogP contribution in [-0.2, 0) is 0 Å². The Bertz CT molecular complexity index is 723. The Morgan fingerprint density at radius 1 is 0.963 bits per heavy atom. The van der Waals surface area contributed by atoms with Gasteiger partial charge in [0.2, 0.25) is 6.79 Å². The average Bonchev–Trinajstić information content (AvgIpc) is 3.15. The van der Waals surface area contributed by atoms with E-state index in [0.29, 0.717) is 18.0 Å². The number of β-amino-alcohol motifs (C(OH)–C–C–N with tert-alkyl or cyclic N) is 1. The standard InChI is InChI=1S/C20H24N2O4.ClH/c23-17(14-24-18-6-7-19-20(12-18)26-15-25-19)13-21-8-10-22(11-9-21)16-4-2-1-3-5-16;/h1-7,12,17,23H,8-11,13-15H2;1H/p-1. The number of aliphatic hydroxyl groups excluding tert-OH is 1. The van der Waals surface area contributed by atoms with Crippen LogP contribution in [0.1, 0.15) is 0 Å². The van der Waals surface area contributed by atoms with Crippen molar-refractivity contribution in [2.75, 3.05) is 51.0 Å². The van der Waals surface area contributed by atoms with Gasteiger partial charge >= 0.3 is 0 Å². The summed E-state index contributed by atoms with van der Waals surface area (Å²) in [6.45, 7) is 4.95. The fourth-order valence-corrected chi connectivity index (χ4v) is 3.34. The SMILES string of the molecule is OC(COc1ccc2c(c1)OCO2)CN1CCN(c2ccccc2)CC1.[Cl-]. The second-order valence-corrected chi connectivity index (χ2v) is 6.60. The molecular formula is C20H24ClN2O4-. The van der Waals surface area contributed by atoms with Crippen LogP contribution in [0.5, 0.6) is 17.2 Å². The zero-order valence-corrected chi connectivity index (χ0v) is 15.8. The number of hydrogen-bond donors (Lipinski definition) is 1. The maximum absolute atomic E-state index is 10.3. The van der Waals surface area contributed by atoms with E-state index < -0.39 is 6.10 Å². The molecule has 6 nitrogen and oxygen atoms in total. The summed E-state index contributed by atoms with van der Waals surface area (Å²) in [6, 6.07) is 15.9. The first-order valence-corrected chi connectivity index (χ1v) is 9.01. The normalized spacial score (nSPS) is 17.3. The number of hydrogen-bond acceptors (Lipinski definition) is 6. The molecule has 4 rings (SSSR count). The zero-order chi connectivity index (χ0) is 17.8. The maximum Gasteiger partial charge on any atom is 0.231 e. The molecule has 27 heavy (non-hydrogen) atoms. The first-order valence-electron chi connectivity index (χ1n) is 9.01. The van der Waals surface area contributed by atoms with E-state index >= 15 is 0 Å². The monoisotopic (exact) mass is 391 g/mol. The first-order chi connectivity index (χ1) is 12.8. The molecule has 1 saturated heterocycles. The molecule has 146 valence electrons. The minimum atomic E-state index is -0.524. The van der Waals surface area contributed by atoms with Gasteiger partial charge < -0.3 is 36.6 Å². The van der Waals surface area contributed by atoms with Crippen LogP contribution in [-0.4, -0.2) is 62.2 Å². The number of aliphatic hydroxyl groups is 1. The number of halogens is 1. The summed E-state index contributed by atoms with van der Waals surface area (Å²) in [7, 11) is 0. The van der Waals surface area contributed by atoms with Gasteiger partial charge in [0.05, 0.1) is 0 Å². The van der Waals surface area contributed by atoms with Crippen molar-refractivity contribution in [2.24, 2.45) is 0 Å². The van der Waals surface area contributed by atoms with E-state index in [-0.39, 0.29) is 25.8 Å². The third kappa shape index (κ3) is 4.97. The van der Waals surface area contributed by atoms with Gasteiger partial charge in [-0.05, 0) is 24.3 Å². The van der Waals surface area contributed by atoms with Crippen LogP contribution in [0.3, 0.4) is 0 Å². The molecule has 0 saturated carbocycles. The number of anilines is 1. The second kappa shape index (κ2) is 9.17. The predicted octanol–water partition coefficient (Wildman–Crippen LogP) is -1.02. The van der Waals surface area contributed by atoms with Gasteiger partial charge in [-0.25, -0.2) is 0 Å². The van der Waals surface area contributed by atoms with Crippen LogP contribution in [0.15, 0.2) is 48.5 Å². The molecule has 2 aliphatic heterocycles. The van der Waals surface area contributed by atoms with Gasteiger partial charge in [0.1, 0.15) is 18.5 Å². The highest BCUT2D eigenvalue weighted by molar-refractivity contribution is 5.47. The predicted molar refractivity (Wildman–Crippen MR) is 99.2 cm³/mol. The number of para-hydroxylation sites is 1. The van der Waals surface area contributed by atoms with Crippen LogP contribution >= 0.6 is 0 Å². The average molecular weight is 392 g/mol.